The van der Waals surface area contributed by atoms with E-state index in [1.54, 1.807) is 0 Å². The fourth-order valence-corrected chi connectivity index (χ4v) is 0.796. The first kappa shape index (κ1) is 12.1. The minimum atomic E-state index is -4.52. The van der Waals surface area contributed by atoms with E-state index in [2.05, 4.69) is 14.6 Å². The molecule has 0 radical (unpaired) electrons. The second-order valence-electron chi connectivity index (χ2n) is 1.85. The molecule has 0 heterocycles. The molecule has 0 spiro atoms. The van der Waals surface area contributed by atoms with Crippen LogP contribution in [0.1, 0.15) is 6.42 Å². The number of carbonyl (C=O) groups is 1. The van der Waals surface area contributed by atoms with Crippen LogP contribution in [0.15, 0.2) is 4.52 Å². The zero-order chi connectivity index (χ0) is 11.0. The van der Waals surface area contributed by atoms with Crippen LogP contribution in [0, 0.1) is 12.3 Å². The Balaban J connectivity index is 4.08. The van der Waals surface area contributed by atoms with Crippen molar-refractivity contribution in [3.05, 3.63) is 10.4 Å². The highest BCUT2D eigenvalue weighted by Crippen LogP contribution is 1.95. The lowest BCUT2D eigenvalue weighted by atomic mass is 10.4. The van der Waals surface area contributed by atoms with Crippen molar-refractivity contribution in [1.29, 1.82) is 0 Å². The van der Waals surface area contributed by atoms with E-state index in [0.29, 0.717) is 0 Å². The zero-order valence-corrected chi connectivity index (χ0v) is 7.69. The molecule has 0 aliphatic heterocycles. The number of terminal acetylenes is 1. The van der Waals surface area contributed by atoms with Gasteiger partial charge in [-0.05, 0) is 5.53 Å². The van der Waals surface area contributed by atoms with Crippen LogP contribution in [0.5, 0.6) is 0 Å². The normalized spacial score (nSPS) is 9.36. The number of nitrogens with one attached hydrogen (secondary N) is 1. The molecule has 1 N–H and O–H groups in total. The predicted molar refractivity (Wildman–Crippen MR) is 46.0 cm³/mol. The largest absolute Gasteiger partial charge is 0.423 e. The van der Waals surface area contributed by atoms with Gasteiger partial charge in [0.25, 0.3) is 0 Å². The fourth-order valence-electron chi connectivity index (χ4n) is 0.423. The number of nitrogens with zero attached hydrogens (tertiary/aromatic N) is 3. The molecule has 0 saturated carbocycles. The van der Waals surface area contributed by atoms with Crippen molar-refractivity contribution in [2.45, 2.75) is 6.42 Å². The summed E-state index contributed by atoms with van der Waals surface area (Å²) in [6.45, 7) is 0.0706. The van der Waals surface area contributed by atoms with Crippen molar-refractivity contribution in [3.8, 4) is 12.3 Å². The van der Waals surface area contributed by atoms with Crippen LogP contribution in [0.3, 0.4) is 0 Å². The van der Waals surface area contributed by atoms with Gasteiger partial charge in [0.1, 0.15) is 0 Å². The Morgan fingerprint density at radius 3 is 2.86 bits per heavy atom. The lowest BCUT2D eigenvalue weighted by molar-refractivity contribution is 0.203. The molecule has 0 saturated heterocycles. The van der Waals surface area contributed by atoms with Crippen molar-refractivity contribution >= 4 is 16.4 Å². The van der Waals surface area contributed by atoms with Crippen LogP contribution in [0.25, 0.3) is 10.4 Å². The highest BCUT2D eigenvalue weighted by molar-refractivity contribution is 7.85. The van der Waals surface area contributed by atoms with Gasteiger partial charge < -0.3 is 9.50 Å². The lowest BCUT2D eigenvalue weighted by Crippen LogP contribution is -2.26. The highest BCUT2D eigenvalue weighted by atomic mass is 32.2. The molecule has 1 amide bonds. The molecule has 0 bridgehead atoms. The van der Waals surface area contributed by atoms with Crippen molar-refractivity contribution in [3.63, 3.8) is 0 Å². The molecule has 9 heteroatoms. The van der Waals surface area contributed by atoms with E-state index >= 15 is 0 Å². The van der Waals surface area contributed by atoms with Gasteiger partial charge in [0.15, 0.2) is 0 Å². The van der Waals surface area contributed by atoms with Gasteiger partial charge in [-0.15, -0.1) is 12.3 Å². The zero-order valence-electron chi connectivity index (χ0n) is 6.87. The van der Waals surface area contributed by atoms with Gasteiger partial charge in [0.05, 0.1) is 4.52 Å². The Hall–Kier alpha value is -1.91. The van der Waals surface area contributed by atoms with Gasteiger partial charge in [-0.1, -0.05) is 0 Å². The van der Waals surface area contributed by atoms with Gasteiger partial charge in [-0.25, -0.2) is 4.79 Å². The molecular weight excluding hydrogens is 212 g/mol. The Bertz CT molecular complexity index is 388. The molecule has 0 unspecified atom stereocenters. The molecule has 0 aromatic rings. The molecule has 8 nitrogen and oxygen atoms in total. The monoisotopic (exact) mass is 218 g/mol. The van der Waals surface area contributed by atoms with Crippen LogP contribution >= 0.6 is 0 Å². The number of rotatable bonds is 4. The molecular formula is C5H6N4O4S. The van der Waals surface area contributed by atoms with Gasteiger partial charge in [0.2, 0.25) is 0 Å². The fraction of sp³-hybridized carbons (Fsp3) is 0.400. The second-order valence-corrected chi connectivity index (χ2v) is 3.04. The van der Waals surface area contributed by atoms with Crippen LogP contribution in [0.4, 0.5) is 4.79 Å². The average Bonchev–Trinajstić information content (AvgIpc) is 2.03. The maximum atomic E-state index is 10.6. The summed E-state index contributed by atoms with van der Waals surface area (Å²) < 4.78 is 27.1. The predicted octanol–water partition coefficient (Wildman–Crippen LogP) is 0.291. The van der Waals surface area contributed by atoms with E-state index < -0.39 is 16.4 Å². The minimum absolute atomic E-state index is 0.0706. The summed E-state index contributed by atoms with van der Waals surface area (Å²) in [6.07, 6.45) is 3.85. The van der Waals surface area contributed by atoms with E-state index in [4.69, 9.17) is 12.0 Å². The molecule has 0 aromatic heterocycles. The molecule has 0 rings (SSSR count). The van der Waals surface area contributed by atoms with E-state index in [9.17, 15) is 13.2 Å². The van der Waals surface area contributed by atoms with Crippen molar-refractivity contribution in [2.75, 3.05) is 6.54 Å². The Morgan fingerprint density at radius 2 is 2.36 bits per heavy atom. The van der Waals surface area contributed by atoms with E-state index in [1.807, 2.05) is 10.2 Å². The summed E-state index contributed by atoms with van der Waals surface area (Å²) in [6, 6.07) is 0. The topological polar surface area (TPSA) is 121 Å². The summed E-state index contributed by atoms with van der Waals surface area (Å²) in [7, 11) is -4.52. The lowest BCUT2D eigenvalue weighted by Gasteiger charge is -2.00. The van der Waals surface area contributed by atoms with Crippen molar-refractivity contribution < 1.29 is 17.4 Å². The van der Waals surface area contributed by atoms with Crippen LogP contribution in [-0.2, 0) is 14.5 Å². The minimum Gasteiger partial charge on any atom is -0.322 e. The third-order valence-electron chi connectivity index (χ3n) is 0.856. The quantitative estimate of drug-likeness (QED) is 0.239. The summed E-state index contributed by atoms with van der Waals surface area (Å²) in [5.41, 5.74) is 7.77. The van der Waals surface area contributed by atoms with E-state index in [0.717, 1.165) is 0 Å². The van der Waals surface area contributed by atoms with Crippen LogP contribution in [0.2, 0.25) is 0 Å². The Morgan fingerprint density at radius 1 is 1.71 bits per heavy atom. The summed E-state index contributed by atoms with van der Waals surface area (Å²) in [4.78, 5) is 12.6. The first-order valence-corrected chi connectivity index (χ1v) is 4.60. The first-order valence-electron chi connectivity index (χ1n) is 3.24. The molecule has 0 aromatic carbocycles. The van der Waals surface area contributed by atoms with Crippen LogP contribution < -0.4 is 5.32 Å². The number of azide groups is 1. The van der Waals surface area contributed by atoms with Crippen LogP contribution in [-0.4, -0.2) is 21.1 Å². The van der Waals surface area contributed by atoms with Crippen molar-refractivity contribution in [1.82, 2.24) is 5.32 Å². The molecule has 76 valence electrons. The smallest absolute Gasteiger partial charge is 0.322 e. The van der Waals surface area contributed by atoms with E-state index in [1.165, 1.54) is 0 Å². The molecule has 14 heavy (non-hydrogen) atoms. The van der Waals surface area contributed by atoms with E-state index in [-0.39, 0.29) is 13.0 Å². The van der Waals surface area contributed by atoms with Gasteiger partial charge in [0, 0.05) is 17.9 Å². The Labute approximate surface area is 80.1 Å². The number of amides is 1. The van der Waals surface area contributed by atoms with Gasteiger partial charge in [-0.2, -0.15) is 8.42 Å². The number of hydrogen-bond acceptors (Lipinski definition) is 4. The molecule has 0 aliphatic rings. The SMILES string of the molecule is C#CCCNC(=O)OS(=O)(=O)N=[N+]=[N-]. The number of carbonyl (C=O) groups excluding carboxylic acids is 1. The maximum Gasteiger partial charge on any atom is 0.423 e. The first-order chi connectivity index (χ1) is 6.52. The third kappa shape index (κ3) is 5.70. The second kappa shape index (κ2) is 5.69. The molecule has 0 atom stereocenters. The maximum absolute atomic E-state index is 10.6. The summed E-state index contributed by atoms with van der Waals surface area (Å²) in [5.74, 6) is 2.21. The van der Waals surface area contributed by atoms with Gasteiger partial charge in [-0.3, -0.25) is 0 Å². The Kier molecular flexibility index (Phi) is 4.91. The standard InChI is InChI=1S/C5H6N4O4S/c1-2-3-4-7-5(10)13-14(11,12)9-8-6/h1H,3-4H2,(H,7,10). The summed E-state index contributed by atoms with van der Waals surface area (Å²) >= 11 is 0. The summed E-state index contributed by atoms with van der Waals surface area (Å²) in [5, 5.41) is 2.03. The highest BCUT2D eigenvalue weighted by Gasteiger charge is 2.13. The molecule has 0 fully saturated rings. The average molecular weight is 218 g/mol. The van der Waals surface area contributed by atoms with Gasteiger partial charge >= 0.3 is 16.4 Å². The molecule has 0 aliphatic carbocycles. The third-order valence-corrected chi connectivity index (χ3v) is 1.49. The number of hydrogen-bond donors (Lipinski definition) is 1. The van der Waals surface area contributed by atoms with Crippen molar-refractivity contribution in [2.24, 2.45) is 4.52 Å².